The molecule has 1 aromatic carbocycles. The minimum Gasteiger partial charge on any atom is -0.359 e. The molecule has 2 N–H and O–H groups in total. The van der Waals surface area contributed by atoms with Crippen molar-refractivity contribution in [2.45, 2.75) is 43.5 Å². The molecule has 0 spiro atoms. The summed E-state index contributed by atoms with van der Waals surface area (Å²) in [6.07, 6.45) is 4.77. The highest BCUT2D eigenvalue weighted by Gasteiger charge is 2.23. The minimum absolute atomic E-state index is 0.0630. The lowest BCUT2D eigenvalue weighted by atomic mass is 9.86. The first-order chi connectivity index (χ1) is 11.2. The molecule has 1 aromatic rings. The molecule has 1 aliphatic carbocycles. The molecule has 24 heavy (non-hydrogen) atoms. The third kappa shape index (κ3) is 4.59. The summed E-state index contributed by atoms with van der Waals surface area (Å²) in [6.45, 7) is 2.23. The largest absolute Gasteiger partial charge is 0.359 e. The maximum atomic E-state index is 12.3. The predicted molar refractivity (Wildman–Crippen MR) is 103 cm³/mol. The van der Waals surface area contributed by atoms with E-state index >= 15 is 0 Å². The second-order valence-electron chi connectivity index (χ2n) is 6.40. The molecular weight excluding hydrogens is 366 g/mol. The smallest absolute Gasteiger partial charge is 0.244 e. The van der Waals surface area contributed by atoms with Gasteiger partial charge >= 0.3 is 0 Å². The minimum atomic E-state index is -3.60. The van der Waals surface area contributed by atoms with Crippen molar-refractivity contribution < 1.29 is 8.42 Å². The van der Waals surface area contributed by atoms with Crippen LogP contribution in [-0.4, -0.2) is 38.0 Å². The van der Waals surface area contributed by atoms with Gasteiger partial charge < -0.3 is 10.6 Å². The molecule has 134 valence electrons. The first-order valence-corrected chi connectivity index (χ1v) is 10.2. The van der Waals surface area contributed by atoms with Gasteiger partial charge in [0.15, 0.2) is 5.11 Å². The standard InChI is InChI=1S/C16H24ClN3O2S2/c1-11-6-4-5-7-14(11)19-16(23)18-12-8-9-13(17)15(10-12)24(21,22)20(2)3/h8-11,14H,4-7H2,1-3H3,(H2,18,19,23)/t11-,14+/m1/s1. The maximum absolute atomic E-state index is 12.3. The highest BCUT2D eigenvalue weighted by molar-refractivity contribution is 7.89. The van der Waals surface area contributed by atoms with Crippen molar-refractivity contribution in [1.29, 1.82) is 0 Å². The number of hydrogen-bond acceptors (Lipinski definition) is 3. The maximum Gasteiger partial charge on any atom is 0.244 e. The third-order valence-corrected chi connectivity index (χ3v) is 6.89. The SMILES string of the molecule is C[C@@H]1CCCC[C@@H]1NC(=S)Nc1ccc(Cl)c(S(=O)(=O)N(C)C)c1. The Morgan fingerprint density at radius 3 is 2.58 bits per heavy atom. The van der Waals surface area contributed by atoms with Gasteiger partial charge in [-0.15, -0.1) is 0 Å². The molecule has 8 heteroatoms. The molecule has 0 unspecified atom stereocenters. The monoisotopic (exact) mass is 389 g/mol. The van der Waals surface area contributed by atoms with Crippen molar-refractivity contribution in [3.8, 4) is 0 Å². The number of thiocarbonyl (C=S) groups is 1. The number of rotatable bonds is 4. The zero-order valence-electron chi connectivity index (χ0n) is 14.2. The summed E-state index contributed by atoms with van der Waals surface area (Å²) in [4.78, 5) is 0.0630. The van der Waals surface area contributed by atoms with E-state index in [1.54, 1.807) is 12.1 Å². The first kappa shape index (κ1) is 19.4. The molecule has 2 atom stereocenters. The van der Waals surface area contributed by atoms with Gasteiger partial charge in [-0.1, -0.05) is 31.4 Å². The van der Waals surface area contributed by atoms with E-state index in [4.69, 9.17) is 23.8 Å². The summed E-state index contributed by atoms with van der Waals surface area (Å²) < 4.78 is 25.8. The fourth-order valence-corrected chi connectivity index (χ4v) is 4.50. The van der Waals surface area contributed by atoms with E-state index in [-0.39, 0.29) is 9.92 Å². The van der Waals surface area contributed by atoms with E-state index in [1.165, 1.54) is 39.4 Å². The van der Waals surface area contributed by atoms with Crippen LogP contribution in [-0.2, 0) is 10.0 Å². The summed E-state index contributed by atoms with van der Waals surface area (Å²) in [5, 5.41) is 7.10. The third-order valence-electron chi connectivity index (χ3n) is 4.38. The van der Waals surface area contributed by atoms with E-state index in [1.807, 2.05) is 0 Å². The summed E-state index contributed by atoms with van der Waals surface area (Å²) in [7, 11) is -0.655. The molecule has 0 amide bonds. The number of benzene rings is 1. The summed E-state index contributed by atoms with van der Waals surface area (Å²) in [5.74, 6) is 0.577. The van der Waals surface area contributed by atoms with Crippen molar-refractivity contribution in [2.75, 3.05) is 19.4 Å². The number of halogens is 1. The summed E-state index contributed by atoms with van der Waals surface area (Å²) >= 11 is 11.4. The van der Waals surface area contributed by atoms with E-state index in [0.717, 1.165) is 10.7 Å². The van der Waals surface area contributed by atoms with Gasteiger partial charge in [-0.3, -0.25) is 0 Å². The van der Waals surface area contributed by atoms with Crippen LogP contribution in [0.15, 0.2) is 23.1 Å². The Balaban J connectivity index is 2.11. The highest BCUT2D eigenvalue weighted by Crippen LogP contribution is 2.27. The van der Waals surface area contributed by atoms with Crippen LogP contribution < -0.4 is 10.6 Å². The molecule has 0 saturated heterocycles. The van der Waals surface area contributed by atoms with Crippen molar-refractivity contribution in [3.05, 3.63) is 23.2 Å². The second-order valence-corrected chi connectivity index (χ2v) is 9.34. The molecule has 1 aliphatic rings. The molecule has 0 aromatic heterocycles. The predicted octanol–water partition coefficient (Wildman–Crippen LogP) is 3.46. The van der Waals surface area contributed by atoms with Gasteiger partial charge in [-0.25, -0.2) is 12.7 Å². The molecule has 0 aliphatic heterocycles. The van der Waals surface area contributed by atoms with Crippen LogP contribution in [0, 0.1) is 5.92 Å². The highest BCUT2D eigenvalue weighted by atomic mass is 35.5. The Hall–Kier alpha value is -0.890. The van der Waals surface area contributed by atoms with Crippen LogP contribution in [0.4, 0.5) is 5.69 Å². The van der Waals surface area contributed by atoms with Crippen LogP contribution in [0.3, 0.4) is 0 Å². The Morgan fingerprint density at radius 2 is 1.96 bits per heavy atom. The molecular formula is C16H24ClN3O2S2. The van der Waals surface area contributed by atoms with Crippen LogP contribution in [0.25, 0.3) is 0 Å². The van der Waals surface area contributed by atoms with E-state index in [0.29, 0.717) is 22.8 Å². The molecule has 2 rings (SSSR count). The lowest BCUT2D eigenvalue weighted by Gasteiger charge is -2.30. The normalized spacial score (nSPS) is 21.5. The quantitative estimate of drug-likeness (QED) is 0.772. The molecule has 0 bridgehead atoms. The molecule has 0 heterocycles. The zero-order chi connectivity index (χ0) is 17.9. The van der Waals surface area contributed by atoms with E-state index in [9.17, 15) is 8.42 Å². The van der Waals surface area contributed by atoms with Gasteiger partial charge in [0.2, 0.25) is 10.0 Å². The van der Waals surface area contributed by atoms with Crippen molar-refractivity contribution in [1.82, 2.24) is 9.62 Å². The Bertz CT molecular complexity index is 707. The van der Waals surface area contributed by atoms with Crippen molar-refractivity contribution >= 4 is 44.6 Å². The molecule has 1 fully saturated rings. The number of nitrogens with zero attached hydrogens (tertiary/aromatic N) is 1. The van der Waals surface area contributed by atoms with Crippen molar-refractivity contribution in [2.24, 2.45) is 5.92 Å². The van der Waals surface area contributed by atoms with Gasteiger partial charge in [0.25, 0.3) is 0 Å². The van der Waals surface area contributed by atoms with Gasteiger partial charge in [0.1, 0.15) is 4.90 Å². The molecule has 0 radical (unpaired) electrons. The second kappa shape index (κ2) is 7.99. The Kier molecular flexibility index (Phi) is 6.47. The zero-order valence-corrected chi connectivity index (χ0v) is 16.6. The summed E-state index contributed by atoms with van der Waals surface area (Å²) in [6, 6.07) is 5.15. The topological polar surface area (TPSA) is 61.4 Å². The fraction of sp³-hybridized carbons (Fsp3) is 0.562. The van der Waals surface area contributed by atoms with Gasteiger partial charge in [0.05, 0.1) is 5.02 Å². The van der Waals surface area contributed by atoms with Crippen LogP contribution in [0.5, 0.6) is 0 Å². The van der Waals surface area contributed by atoms with E-state index in [2.05, 4.69) is 17.6 Å². The number of anilines is 1. The van der Waals surface area contributed by atoms with Crippen LogP contribution in [0.2, 0.25) is 5.02 Å². The van der Waals surface area contributed by atoms with E-state index < -0.39 is 10.0 Å². The van der Waals surface area contributed by atoms with Gasteiger partial charge in [0, 0.05) is 25.8 Å². The van der Waals surface area contributed by atoms with Crippen molar-refractivity contribution in [3.63, 3.8) is 0 Å². The van der Waals surface area contributed by atoms with Gasteiger partial charge in [-0.2, -0.15) is 0 Å². The lowest BCUT2D eigenvalue weighted by molar-refractivity contribution is 0.309. The average molecular weight is 390 g/mol. The van der Waals surface area contributed by atoms with Crippen LogP contribution >= 0.6 is 23.8 Å². The lowest BCUT2D eigenvalue weighted by Crippen LogP contribution is -2.43. The van der Waals surface area contributed by atoms with Gasteiger partial charge in [-0.05, 0) is 49.2 Å². The number of nitrogens with one attached hydrogen (secondary N) is 2. The fourth-order valence-electron chi connectivity index (χ4n) is 2.84. The number of sulfonamides is 1. The van der Waals surface area contributed by atoms with Crippen LogP contribution in [0.1, 0.15) is 32.6 Å². The Labute approximate surface area is 154 Å². The molecule has 5 nitrogen and oxygen atoms in total. The molecule has 1 saturated carbocycles. The Morgan fingerprint density at radius 1 is 1.29 bits per heavy atom. The first-order valence-electron chi connectivity index (χ1n) is 8.01. The number of hydrogen-bond donors (Lipinski definition) is 2. The summed E-state index contributed by atoms with van der Waals surface area (Å²) in [5.41, 5.74) is 0.598. The average Bonchev–Trinajstić information content (AvgIpc) is 2.51.